The Morgan fingerprint density at radius 3 is 2.83 bits per heavy atom. The number of phenols is 1. The van der Waals surface area contributed by atoms with Gasteiger partial charge in [-0.15, -0.1) is 11.3 Å². The normalized spacial score (nSPS) is 16.7. The van der Waals surface area contributed by atoms with Gasteiger partial charge in [0.15, 0.2) is 11.5 Å². The molecule has 1 N–H and O–H groups in total. The number of rotatable bonds is 7. The first-order chi connectivity index (χ1) is 11.8. The molecule has 24 heavy (non-hydrogen) atoms. The summed E-state index contributed by atoms with van der Waals surface area (Å²) in [5.74, 6) is 0.674. The third-order valence-corrected chi connectivity index (χ3v) is 5.27. The number of hydrogen-bond donors (Lipinski definition) is 1. The molecule has 1 saturated heterocycles. The summed E-state index contributed by atoms with van der Waals surface area (Å²) in [6.45, 7) is 5.43. The van der Waals surface area contributed by atoms with Crippen molar-refractivity contribution in [2.75, 3.05) is 26.2 Å². The maximum absolute atomic E-state index is 10.3. The van der Waals surface area contributed by atoms with Crippen LogP contribution in [0.25, 0.3) is 0 Å². The molecule has 4 nitrogen and oxygen atoms in total. The van der Waals surface area contributed by atoms with E-state index in [0.717, 1.165) is 13.1 Å². The minimum atomic E-state index is 0.164. The highest BCUT2D eigenvalue weighted by Gasteiger charge is 2.23. The summed E-state index contributed by atoms with van der Waals surface area (Å²) in [5.41, 5.74) is 0.701. The van der Waals surface area contributed by atoms with Gasteiger partial charge in [-0.05, 0) is 56.4 Å². The summed E-state index contributed by atoms with van der Waals surface area (Å²) in [6, 6.07) is 10.1. The van der Waals surface area contributed by atoms with Crippen molar-refractivity contribution in [3.05, 3.63) is 46.2 Å². The van der Waals surface area contributed by atoms with E-state index in [4.69, 9.17) is 4.74 Å². The van der Waals surface area contributed by atoms with E-state index in [2.05, 4.69) is 27.4 Å². The molecule has 0 bridgehead atoms. The van der Waals surface area contributed by atoms with E-state index in [-0.39, 0.29) is 5.75 Å². The molecule has 0 radical (unpaired) electrons. The summed E-state index contributed by atoms with van der Waals surface area (Å²) in [4.78, 5) is 8.50. The molecule has 2 aromatic rings. The summed E-state index contributed by atoms with van der Waals surface area (Å²) < 4.78 is 5.43. The zero-order valence-electron chi connectivity index (χ0n) is 14.0. The van der Waals surface area contributed by atoms with E-state index >= 15 is 0 Å². The van der Waals surface area contributed by atoms with Crippen LogP contribution in [0.5, 0.6) is 11.5 Å². The Bertz CT molecular complexity index is 664. The minimum absolute atomic E-state index is 0.164. The van der Waals surface area contributed by atoms with Crippen molar-refractivity contribution in [2.24, 2.45) is 4.99 Å². The first kappa shape index (κ1) is 17.0. The number of ether oxygens (including phenoxy) is 1. The summed E-state index contributed by atoms with van der Waals surface area (Å²) >= 11 is 1.79. The molecule has 0 saturated carbocycles. The van der Waals surface area contributed by atoms with Gasteiger partial charge < -0.3 is 9.84 Å². The fourth-order valence-corrected chi connectivity index (χ4v) is 3.94. The second-order valence-corrected chi connectivity index (χ2v) is 6.87. The molecule has 128 valence electrons. The summed E-state index contributed by atoms with van der Waals surface area (Å²) in [6.07, 6.45) is 4.29. The lowest BCUT2D eigenvalue weighted by molar-refractivity contribution is 0.255. The van der Waals surface area contributed by atoms with Gasteiger partial charge in [-0.2, -0.15) is 0 Å². The third-order valence-electron chi connectivity index (χ3n) is 4.29. The lowest BCUT2D eigenvalue weighted by Gasteiger charge is -2.25. The van der Waals surface area contributed by atoms with Gasteiger partial charge in [0.1, 0.15) is 0 Å². The number of likely N-dealkylation sites (tertiary alicyclic amines) is 1. The standard InChI is InChI=1S/C19H24N2O2S/c1-2-23-17-8-5-7-15(19(17)22)13-20-14-16(18-9-6-12-24-18)21-10-3-4-11-21/h5-9,12-13,16,22H,2-4,10-11,14H2,1H3/t16-/m0/s1. The van der Waals surface area contributed by atoms with E-state index in [1.54, 1.807) is 23.6 Å². The van der Waals surface area contributed by atoms with Crippen LogP contribution in [0, 0.1) is 0 Å². The van der Waals surface area contributed by atoms with Crippen molar-refractivity contribution in [2.45, 2.75) is 25.8 Å². The lowest BCUT2D eigenvalue weighted by atomic mass is 10.2. The smallest absolute Gasteiger partial charge is 0.166 e. The largest absolute Gasteiger partial charge is 0.504 e. The van der Waals surface area contributed by atoms with Crippen molar-refractivity contribution in [3.8, 4) is 11.5 Å². The number of benzene rings is 1. The van der Waals surface area contributed by atoms with Gasteiger partial charge in [-0.1, -0.05) is 12.1 Å². The fraction of sp³-hybridized carbons (Fsp3) is 0.421. The molecule has 3 rings (SSSR count). The Morgan fingerprint density at radius 1 is 1.29 bits per heavy atom. The first-order valence-corrected chi connectivity index (χ1v) is 9.39. The topological polar surface area (TPSA) is 45.1 Å². The second-order valence-electron chi connectivity index (χ2n) is 5.90. The monoisotopic (exact) mass is 344 g/mol. The van der Waals surface area contributed by atoms with Crippen molar-refractivity contribution in [1.82, 2.24) is 4.90 Å². The Morgan fingerprint density at radius 2 is 2.12 bits per heavy atom. The number of phenolic OH excluding ortho intramolecular Hbond substituents is 1. The highest BCUT2D eigenvalue weighted by Crippen LogP contribution is 2.30. The SMILES string of the molecule is CCOc1cccc(C=NC[C@@H](c2cccs2)N2CCCC2)c1O. The predicted octanol–water partition coefficient (Wildman–Crippen LogP) is 4.11. The fourth-order valence-electron chi connectivity index (χ4n) is 3.09. The molecular formula is C19H24N2O2S. The van der Waals surface area contributed by atoms with Crippen molar-refractivity contribution >= 4 is 17.6 Å². The van der Waals surface area contributed by atoms with Gasteiger partial charge in [-0.25, -0.2) is 0 Å². The zero-order valence-corrected chi connectivity index (χ0v) is 14.8. The van der Waals surface area contributed by atoms with Crippen LogP contribution in [0.1, 0.15) is 36.2 Å². The minimum Gasteiger partial charge on any atom is -0.504 e. The van der Waals surface area contributed by atoms with Gasteiger partial charge in [0.05, 0.1) is 19.2 Å². The number of aromatic hydroxyl groups is 1. The molecule has 0 aliphatic carbocycles. The Hall–Kier alpha value is -1.85. The molecule has 2 heterocycles. The zero-order chi connectivity index (χ0) is 16.8. The molecule has 1 atom stereocenters. The van der Waals surface area contributed by atoms with Gasteiger partial charge in [0.2, 0.25) is 0 Å². The molecule has 0 spiro atoms. The predicted molar refractivity (Wildman–Crippen MR) is 99.6 cm³/mol. The second kappa shape index (κ2) is 8.31. The maximum Gasteiger partial charge on any atom is 0.166 e. The Balaban J connectivity index is 1.72. The molecule has 0 unspecified atom stereocenters. The third kappa shape index (κ3) is 3.97. The summed E-state index contributed by atoms with van der Waals surface area (Å²) in [5, 5.41) is 12.4. The average Bonchev–Trinajstić information content (AvgIpc) is 3.29. The molecule has 0 amide bonds. The molecule has 1 aromatic heterocycles. The van der Waals surface area contributed by atoms with Gasteiger partial charge in [-0.3, -0.25) is 9.89 Å². The quantitative estimate of drug-likeness (QED) is 0.769. The molecule has 1 aliphatic heterocycles. The number of aliphatic imine (C=N–C) groups is 1. The van der Waals surface area contributed by atoms with E-state index in [1.165, 1.54) is 17.7 Å². The van der Waals surface area contributed by atoms with Gasteiger partial charge >= 0.3 is 0 Å². The number of nitrogens with zero attached hydrogens (tertiary/aromatic N) is 2. The van der Waals surface area contributed by atoms with Crippen LogP contribution >= 0.6 is 11.3 Å². The highest BCUT2D eigenvalue weighted by molar-refractivity contribution is 7.10. The van der Waals surface area contributed by atoms with E-state index in [1.807, 2.05) is 19.1 Å². The van der Waals surface area contributed by atoms with Crippen molar-refractivity contribution in [1.29, 1.82) is 0 Å². The van der Waals surface area contributed by atoms with Crippen LogP contribution < -0.4 is 4.74 Å². The molecule has 1 aliphatic rings. The van der Waals surface area contributed by atoms with Crippen LogP contribution in [0.4, 0.5) is 0 Å². The number of thiophene rings is 1. The van der Waals surface area contributed by atoms with Crippen molar-refractivity contribution in [3.63, 3.8) is 0 Å². The van der Waals surface area contributed by atoms with Crippen LogP contribution in [0.15, 0.2) is 40.7 Å². The average molecular weight is 344 g/mol. The number of hydrogen-bond acceptors (Lipinski definition) is 5. The van der Waals surface area contributed by atoms with E-state index in [0.29, 0.717) is 30.5 Å². The highest BCUT2D eigenvalue weighted by atomic mass is 32.1. The van der Waals surface area contributed by atoms with Crippen LogP contribution in [0.3, 0.4) is 0 Å². The molecule has 5 heteroatoms. The van der Waals surface area contributed by atoms with Crippen LogP contribution in [-0.2, 0) is 0 Å². The lowest BCUT2D eigenvalue weighted by Crippen LogP contribution is -2.27. The van der Waals surface area contributed by atoms with E-state index in [9.17, 15) is 5.11 Å². The van der Waals surface area contributed by atoms with E-state index < -0.39 is 0 Å². The van der Waals surface area contributed by atoms with Crippen molar-refractivity contribution < 1.29 is 9.84 Å². The first-order valence-electron chi connectivity index (χ1n) is 8.51. The van der Waals surface area contributed by atoms with Crippen LogP contribution in [0.2, 0.25) is 0 Å². The maximum atomic E-state index is 10.3. The summed E-state index contributed by atoms with van der Waals surface area (Å²) in [7, 11) is 0. The molecule has 1 fully saturated rings. The Labute approximate surface area is 147 Å². The van der Waals surface area contributed by atoms with Gasteiger partial charge in [0, 0.05) is 16.7 Å². The number of para-hydroxylation sites is 1. The molecular weight excluding hydrogens is 320 g/mol. The Kier molecular flexibility index (Phi) is 5.88. The van der Waals surface area contributed by atoms with Crippen LogP contribution in [-0.4, -0.2) is 42.5 Å². The molecule has 1 aromatic carbocycles. The van der Waals surface area contributed by atoms with Gasteiger partial charge in [0.25, 0.3) is 0 Å².